The third-order valence-corrected chi connectivity index (χ3v) is 2.89. The second-order valence-electron chi connectivity index (χ2n) is 3.54. The third-order valence-electron chi connectivity index (χ3n) is 2.43. The van der Waals surface area contributed by atoms with E-state index in [-0.39, 0.29) is 11.3 Å². The largest absolute Gasteiger partial charge is 0.464 e. The fourth-order valence-corrected chi connectivity index (χ4v) is 2.28. The van der Waals surface area contributed by atoms with Crippen LogP contribution in [0.25, 0.3) is 10.8 Å². The molecule has 0 aliphatic heterocycles. The number of benzene rings is 1. The van der Waals surface area contributed by atoms with Crippen LogP contribution < -0.4 is 5.56 Å². The lowest BCUT2D eigenvalue weighted by molar-refractivity contribution is 0.0595. The van der Waals surface area contributed by atoms with Gasteiger partial charge in [-0.25, -0.2) is 9.89 Å². The molecule has 0 radical (unpaired) electrons. The number of rotatable bonds is 1. The molecule has 1 heterocycles. The van der Waals surface area contributed by atoms with E-state index in [1.807, 2.05) is 13.8 Å². The summed E-state index contributed by atoms with van der Waals surface area (Å²) < 4.78 is 5.40. The van der Waals surface area contributed by atoms with Crippen LogP contribution in [-0.4, -0.2) is 23.3 Å². The van der Waals surface area contributed by atoms with Crippen LogP contribution in [0, 0.1) is 6.92 Å². The molecule has 0 aliphatic carbocycles. The topological polar surface area (TPSA) is 72.0 Å². The predicted octanol–water partition coefficient (Wildman–Crippen LogP) is 2.81. The van der Waals surface area contributed by atoms with Crippen molar-refractivity contribution in [3.63, 3.8) is 0 Å². The number of hydrogen-bond donors (Lipinski definition) is 1. The predicted molar refractivity (Wildman–Crippen MR) is 77.5 cm³/mol. The number of fused-ring (bicyclic) bond motifs is 1. The highest BCUT2D eigenvalue weighted by Crippen LogP contribution is 2.23. The van der Waals surface area contributed by atoms with E-state index < -0.39 is 5.97 Å². The van der Waals surface area contributed by atoms with Crippen molar-refractivity contribution < 1.29 is 9.53 Å². The highest BCUT2D eigenvalue weighted by atomic mass is 79.9. The molecule has 0 bridgehead atoms. The van der Waals surface area contributed by atoms with E-state index in [0.717, 1.165) is 10.0 Å². The van der Waals surface area contributed by atoms with E-state index in [9.17, 15) is 9.59 Å². The van der Waals surface area contributed by atoms with Crippen molar-refractivity contribution >= 4 is 32.7 Å². The quantitative estimate of drug-likeness (QED) is 0.818. The minimum Gasteiger partial charge on any atom is -0.464 e. The lowest BCUT2D eigenvalue weighted by Crippen LogP contribution is -2.16. The number of nitrogens with zero attached hydrogens (tertiary/aromatic N) is 1. The number of nitrogens with one attached hydrogen (secondary N) is 1. The van der Waals surface area contributed by atoms with Gasteiger partial charge in [-0.1, -0.05) is 29.8 Å². The number of esters is 1. The lowest BCUT2D eigenvalue weighted by Gasteiger charge is -2.05. The van der Waals surface area contributed by atoms with E-state index in [1.165, 1.54) is 7.11 Å². The Hall–Kier alpha value is -1.69. The normalized spacial score (nSPS) is 9.74. The monoisotopic (exact) mass is 326 g/mol. The number of hydrogen-bond acceptors (Lipinski definition) is 4. The maximum absolute atomic E-state index is 11.7. The summed E-state index contributed by atoms with van der Waals surface area (Å²) in [5, 5.41) is 6.95. The second kappa shape index (κ2) is 6.47. The van der Waals surface area contributed by atoms with Crippen LogP contribution in [0.1, 0.15) is 29.9 Å². The number of aryl methyl sites for hydroxylation is 1. The first-order valence-electron chi connectivity index (χ1n) is 5.81. The number of carbonyl (C=O) groups excluding carboxylic acids is 1. The van der Waals surface area contributed by atoms with Gasteiger partial charge in [0, 0.05) is 9.86 Å². The molecule has 5 nitrogen and oxygen atoms in total. The molecule has 0 spiro atoms. The number of aromatic amines is 1. The fourth-order valence-electron chi connectivity index (χ4n) is 1.71. The lowest BCUT2D eigenvalue weighted by atomic mass is 10.1. The van der Waals surface area contributed by atoms with Gasteiger partial charge in [-0.3, -0.25) is 4.79 Å². The van der Waals surface area contributed by atoms with Crippen LogP contribution in [0.3, 0.4) is 0 Å². The molecule has 0 aliphatic rings. The Balaban J connectivity index is 0.000000861. The zero-order valence-electron chi connectivity index (χ0n) is 11.2. The fraction of sp³-hybridized carbons (Fsp3) is 0.308. The molecule has 0 unspecified atom stereocenters. The molecule has 6 heteroatoms. The first-order valence-corrected chi connectivity index (χ1v) is 6.60. The Labute approximate surface area is 119 Å². The second-order valence-corrected chi connectivity index (χ2v) is 4.45. The van der Waals surface area contributed by atoms with Crippen molar-refractivity contribution in [3.05, 3.63) is 38.2 Å². The van der Waals surface area contributed by atoms with Crippen molar-refractivity contribution in [1.29, 1.82) is 0 Å². The van der Waals surface area contributed by atoms with E-state index in [2.05, 4.69) is 30.9 Å². The van der Waals surface area contributed by atoms with Crippen molar-refractivity contribution in [1.82, 2.24) is 10.2 Å². The number of methoxy groups -OCH3 is 1. The molecule has 2 rings (SSSR count). The molecule has 0 saturated heterocycles. The van der Waals surface area contributed by atoms with Gasteiger partial charge in [0.25, 0.3) is 5.56 Å². The summed E-state index contributed by atoms with van der Waals surface area (Å²) in [4.78, 5) is 23.2. The van der Waals surface area contributed by atoms with Crippen molar-refractivity contribution in [2.75, 3.05) is 7.11 Å². The van der Waals surface area contributed by atoms with Crippen LogP contribution in [0.5, 0.6) is 0 Å². The Morgan fingerprint density at radius 1 is 1.37 bits per heavy atom. The number of H-pyrrole nitrogens is 1. The van der Waals surface area contributed by atoms with Gasteiger partial charge in [0.05, 0.1) is 12.5 Å². The minimum absolute atomic E-state index is 0.103. The molecule has 0 fully saturated rings. The standard InChI is InChI=1S/C11H9BrN2O3.C2H6/c1-5-3-6(12)4-7-8(5)10(15)14-13-9(7)11(16)17-2;1-2/h3-4H,1-2H3,(H,14,15);1-2H3. The summed E-state index contributed by atoms with van der Waals surface area (Å²) in [6.45, 7) is 5.80. The van der Waals surface area contributed by atoms with Crippen molar-refractivity contribution in [2.45, 2.75) is 20.8 Å². The molecular weight excluding hydrogens is 312 g/mol. The van der Waals surface area contributed by atoms with Gasteiger partial charge >= 0.3 is 5.97 Å². The average Bonchev–Trinajstić information content (AvgIpc) is 2.39. The van der Waals surface area contributed by atoms with Gasteiger partial charge in [-0.2, -0.15) is 5.10 Å². The van der Waals surface area contributed by atoms with E-state index >= 15 is 0 Å². The van der Waals surface area contributed by atoms with Crippen LogP contribution in [-0.2, 0) is 4.74 Å². The van der Waals surface area contributed by atoms with Crippen LogP contribution >= 0.6 is 15.9 Å². The minimum atomic E-state index is -0.580. The van der Waals surface area contributed by atoms with Crippen LogP contribution in [0.4, 0.5) is 0 Å². The molecule has 102 valence electrons. The molecule has 0 saturated carbocycles. The maximum atomic E-state index is 11.7. The number of aromatic nitrogens is 2. The Morgan fingerprint density at radius 2 is 2.00 bits per heavy atom. The average molecular weight is 327 g/mol. The van der Waals surface area contributed by atoms with E-state index in [0.29, 0.717) is 10.8 Å². The molecule has 2 aromatic rings. The van der Waals surface area contributed by atoms with E-state index in [1.54, 1.807) is 19.1 Å². The summed E-state index contributed by atoms with van der Waals surface area (Å²) in [5.41, 5.74) is 0.548. The van der Waals surface area contributed by atoms with Crippen LogP contribution in [0.2, 0.25) is 0 Å². The highest BCUT2D eigenvalue weighted by Gasteiger charge is 2.16. The van der Waals surface area contributed by atoms with E-state index in [4.69, 9.17) is 0 Å². The van der Waals surface area contributed by atoms with Gasteiger partial charge in [-0.15, -0.1) is 0 Å². The first-order chi connectivity index (χ1) is 9.04. The summed E-state index contributed by atoms with van der Waals surface area (Å²) in [6, 6.07) is 3.48. The molecule has 19 heavy (non-hydrogen) atoms. The highest BCUT2D eigenvalue weighted by molar-refractivity contribution is 9.10. The van der Waals surface area contributed by atoms with Gasteiger partial charge in [0.15, 0.2) is 5.69 Å². The van der Waals surface area contributed by atoms with Crippen molar-refractivity contribution in [2.24, 2.45) is 0 Å². The number of ether oxygens (including phenoxy) is 1. The summed E-state index contributed by atoms with van der Waals surface area (Å²) in [7, 11) is 1.27. The third kappa shape index (κ3) is 3.01. The van der Waals surface area contributed by atoms with Gasteiger partial charge in [0.2, 0.25) is 0 Å². The Bertz CT molecular complexity index is 665. The summed E-state index contributed by atoms with van der Waals surface area (Å²) >= 11 is 3.32. The molecule has 0 amide bonds. The molecule has 0 atom stereocenters. The number of carbonyl (C=O) groups is 1. The first kappa shape index (κ1) is 15.4. The summed E-state index contributed by atoms with van der Waals surface area (Å²) in [5.74, 6) is -0.580. The van der Waals surface area contributed by atoms with Gasteiger partial charge < -0.3 is 4.74 Å². The Morgan fingerprint density at radius 3 is 2.58 bits per heavy atom. The van der Waals surface area contributed by atoms with Gasteiger partial charge in [-0.05, 0) is 24.6 Å². The van der Waals surface area contributed by atoms with Crippen LogP contribution in [0.15, 0.2) is 21.4 Å². The van der Waals surface area contributed by atoms with Crippen molar-refractivity contribution in [3.8, 4) is 0 Å². The molecule has 1 aromatic carbocycles. The number of halogens is 1. The Kier molecular flexibility index (Phi) is 5.23. The molecule has 1 N–H and O–H groups in total. The maximum Gasteiger partial charge on any atom is 0.359 e. The summed E-state index contributed by atoms with van der Waals surface area (Å²) in [6.07, 6.45) is 0. The smallest absolute Gasteiger partial charge is 0.359 e. The molecule has 1 aromatic heterocycles. The molecular formula is C13H15BrN2O3. The zero-order chi connectivity index (χ0) is 14.6. The SMILES string of the molecule is CC.COC(=O)c1n[nH]c(=O)c2c(C)cc(Br)cc12. The zero-order valence-corrected chi connectivity index (χ0v) is 12.8. The van der Waals surface area contributed by atoms with Gasteiger partial charge in [0.1, 0.15) is 0 Å².